The van der Waals surface area contributed by atoms with Crippen LogP contribution in [0, 0.1) is 11.3 Å². The monoisotopic (exact) mass is 210 g/mol. The molecule has 2 aliphatic rings. The number of carbonyl (C=O) groups is 1. The third-order valence-corrected chi connectivity index (χ3v) is 3.92. The maximum atomic E-state index is 11.9. The van der Waals surface area contributed by atoms with Crippen LogP contribution in [0.2, 0.25) is 0 Å². The lowest BCUT2D eigenvalue weighted by Gasteiger charge is -2.25. The summed E-state index contributed by atoms with van der Waals surface area (Å²) < 4.78 is 0. The normalized spacial score (nSPS) is 38.5. The van der Waals surface area contributed by atoms with E-state index in [2.05, 4.69) is 19.2 Å². The molecule has 3 unspecified atom stereocenters. The fourth-order valence-corrected chi connectivity index (χ4v) is 2.47. The first kappa shape index (κ1) is 10.9. The van der Waals surface area contributed by atoms with Gasteiger partial charge in [0.1, 0.15) is 0 Å². The van der Waals surface area contributed by atoms with Gasteiger partial charge in [0.15, 0.2) is 0 Å². The third-order valence-electron chi connectivity index (χ3n) is 3.92. The van der Waals surface area contributed by atoms with Crippen molar-refractivity contribution in [2.75, 3.05) is 0 Å². The van der Waals surface area contributed by atoms with Crippen molar-refractivity contribution in [3.8, 4) is 0 Å². The highest BCUT2D eigenvalue weighted by molar-refractivity contribution is 5.79. The Balaban J connectivity index is 1.81. The summed E-state index contributed by atoms with van der Waals surface area (Å²) in [5, 5.41) is 3.14. The van der Waals surface area contributed by atoms with Gasteiger partial charge in [0.05, 0.1) is 0 Å². The molecule has 2 fully saturated rings. The number of carbonyl (C=O) groups excluding carboxylic acids is 1. The van der Waals surface area contributed by atoms with Crippen LogP contribution < -0.4 is 11.1 Å². The van der Waals surface area contributed by atoms with Crippen molar-refractivity contribution in [3.05, 3.63) is 0 Å². The molecular weight excluding hydrogens is 188 g/mol. The SMILES string of the molecule is CC1(C)CC1NC(=O)C1CCCC(N)C1. The fourth-order valence-electron chi connectivity index (χ4n) is 2.47. The van der Waals surface area contributed by atoms with Gasteiger partial charge in [-0.25, -0.2) is 0 Å². The molecule has 0 aromatic heterocycles. The highest BCUT2D eigenvalue weighted by Crippen LogP contribution is 2.44. The van der Waals surface area contributed by atoms with Crippen LogP contribution >= 0.6 is 0 Å². The van der Waals surface area contributed by atoms with Gasteiger partial charge in [-0.15, -0.1) is 0 Å². The molecular formula is C12H22N2O. The molecule has 2 rings (SSSR count). The average molecular weight is 210 g/mol. The molecule has 0 aromatic carbocycles. The Kier molecular flexibility index (Phi) is 2.75. The molecule has 86 valence electrons. The first-order valence-corrected chi connectivity index (χ1v) is 6.05. The Hall–Kier alpha value is -0.570. The summed E-state index contributed by atoms with van der Waals surface area (Å²) in [6, 6.07) is 0.643. The number of nitrogens with one attached hydrogen (secondary N) is 1. The van der Waals surface area contributed by atoms with Gasteiger partial charge in [0.2, 0.25) is 5.91 Å². The molecule has 3 atom stereocenters. The number of amides is 1. The van der Waals surface area contributed by atoms with Crippen molar-refractivity contribution >= 4 is 5.91 Å². The number of hydrogen-bond acceptors (Lipinski definition) is 2. The Labute approximate surface area is 91.8 Å². The Bertz CT molecular complexity index is 262. The van der Waals surface area contributed by atoms with E-state index in [-0.39, 0.29) is 17.9 Å². The van der Waals surface area contributed by atoms with Crippen molar-refractivity contribution in [2.24, 2.45) is 17.1 Å². The van der Waals surface area contributed by atoms with Gasteiger partial charge in [-0.1, -0.05) is 20.3 Å². The summed E-state index contributed by atoms with van der Waals surface area (Å²) in [4.78, 5) is 11.9. The van der Waals surface area contributed by atoms with Gasteiger partial charge in [-0.3, -0.25) is 4.79 Å². The highest BCUT2D eigenvalue weighted by Gasteiger charge is 2.47. The van der Waals surface area contributed by atoms with Crippen molar-refractivity contribution in [1.29, 1.82) is 0 Å². The molecule has 1 amide bonds. The van der Waals surface area contributed by atoms with E-state index in [0.717, 1.165) is 32.1 Å². The smallest absolute Gasteiger partial charge is 0.223 e. The summed E-state index contributed by atoms with van der Waals surface area (Å²) in [6.45, 7) is 4.40. The molecule has 3 N–H and O–H groups in total. The second-order valence-electron chi connectivity index (χ2n) is 5.88. The molecule has 0 heterocycles. The van der Waals surface area contributed by atoms with Crippen molar-refractivity contribution in [3.63, 3.8) is 0 Å². The van der Waals surface area contributed by atoms with Crippen LogP contribution in [0.3, 0.4) is 0 Å². The number of hydrogen-bond donors (Lipinski definition) is 2. The molecule has 2 saturated carbocycles. The Morgan fingerprint density at radius 1 is 1.40 bits per heavy atom. The maximum absolute atomic E-state index is 11.9. The standard InChI is InChI=1S/C12H22N2O/c1-12(2)7-10(12)14-11(15)8-4-3-5-9(13)6-8/h8-10H,3-7,13H2,1-2H3,(H,14,15). The lowest BCUT2D eigenvalue weighted by Crippen LogP contribution is -2.39. The van der Waals surface area contributed by atoms with E-state index >= 15 is 0 Å². The highest BCUT2D eigenvalue weighted by atomic mass is 16.2. The quantitative estimate of drug-likeness (QED) is 0.724. The third kappa shape index (κ3) is 2.51. The van der Waals surface area contributed by atoms with Crippen LogP contribution in [0.25, 0.3) is 0 Å². The second-order valence-corrected chi connectivity index (χ2v) is 5.88. The van der Waals surface area contributed by atoms with Crippen LogP contribution in [-0.2, 0) is 4.79 Å². The van der Waals surface area contributed by atoms with Crippen LogP contribution in [0.15, 0.2) is 0 Å². The molecule has 3 nitrogen and oxygen atoms in total. The summed E-state index contributed by atoms with van der Waals surface area (Å²) in [5.41, 5.74) is 6.21. The van der Waals surface area contributed by atoms with E-state index in [1.807, 2.05) is 0 Å². The lowest BCUT2D eigenvalue weighted by atomic mass is 9.85. The van der Waals surface area contributed by atoms with E-state index in [4.69, 9.17) is 5.73 Å². The van der Waals surface area contributed by atoms with Gasteiger partial charge in [0.25, 0.3) is 0 Å². The zero-order valence-corrected chi connectivity index (χ0v) is 9.75. The largest absolute Gasteiger partial charge is 0.353 e. The van der Waals surface area contributed by atoms with Crippen LogP contribution in [0.1, 0.15) is 46.0 Å². The Morgan fingerprint density at radius 3 is 2.60 bits per heavy atom. The van der Waals surface area contributed by atoms with Gasteiger partial charge < -0.3 is 11.1 Å². The minimum absolute atomic E-state index is 0.171. The van der Waals surface area contributed by atoms with Gasteiger partial charge in [-0.2, -0.15) is 0 Å². The summed E-state index contributed by atoms with van der Waals surface area (Å²) >= 11 is 0. The molecule has 0 aliphatic heterocycles. The topological polar surface area (TPSA) is 55.1 Å². The van der Waals surface area contributed by atoms with Crippen molar-refractivity contribution in [2.45, 2.75) is 58.0 Å². The predicted molar refractivity (Wildman–Crippen MR) is 60.3 cm³/mol. The zero-order chi connectivity index (χ0) is 11.1. The first-order chi connectivity index (χ1) is 6.99. The second kappa shape index (κ2) is 3.78. The van der Waals surface area contributed by atoms with E-state index in [0.29, 0.717) is 11.5 Å². The molecule has 0 bridgehead atoms. The van der Waals surface area contributed by atoms with Crippen LogP contribution in [0.4, 0.5) is 0 Å². The molecule has 3 heteroatoms. The van der Waals surface area contributed by atoms with Crippen molar-refractivity contribution in [1.82, 2.24) is 5.32 Å². The molecule has 0 radical (unpaired) electrons. The minimum atomic E-state index is 0.171. The molecule has 2 aliphatic carbocycles. The van der Waals surface area contributed by atoms with E-state index < -0.39 is 0 Å². The lowest BCUT2D eigenvalue weighted by molar-refractivity contribution is -0.126. The summed E-state index contributed by atoms with van der Waals surface area (Å²) in [6.07, 6.45) is 5.20. The van der Waals surface area contributed by atoms with Gasteiger partial charge in [0, 0.05) is 18.0 Å². The number of nitrogens with two attached hydrogens (primary N) is 1. The maximum Gasteiger partial charge on any atom is 0.223 e. The minimum Gasteiger partial charge on any atom is -0.353 e. The van der Waals surface area contributed by atoms with E-state index in [9.17, 15) is 4.79 Å². The fraction of sp³-hybridized carbons (Fsp3) is 0.917. The molecule has 0 spiro atoms. The summed E-state index contributed by atoms with van der Waals surface area (Å²) in [5.74, 6) is 0.408. The molecule has 0 saturated heterocycles. The van der Waals surface area contributed by atoms with Crippen molar-refractivity contribution < 1.29 is 4.79 Å². The zero-order valence-electron chi connectivity index (χ0n) is 9.75. The number of rotatable bonds is 2. The average Bonchev–Trinajstić information content (AvgIpc) is 2.73. The summed E-state index contributed by atoms with van der Waals surface area (Å²) in [7, 11) is 0. The van der Waals surface area contributed by atoms with E-state index in [1.54, 1.807) is 0 Å². The van der Waals surface area contributed by atoms with Gasteiger partial charge >= 0.3 is 0 Å². The first-order valence-electron chi connectivity index (χ1n) is 6.05. The van der Waals surface area contributed by atoms with Gasteiger partial charge in [-0.05, 0) is 31.1 Å². The van der Waals surface area contributed by atoms with Crippen LogP contribution in [-0.4, -0.2) is 18.0 Å². The molecule has 15 heavy (non-hydrogen) atoms. The molecule has 0 aromatic rings. The Morgan fingerprint density at radius 2 is 2.07 bits per heavy atom. The predicted octanol–water partition coefficient (Wildman–Crippen LogP) is 1.42. The van der Waals surface area contributed by atoms with Crippen LogP contribution in [0.5, 0.6) is 0 Å². The van der Waals surface area contributed by atoms with E-state index in [1.165, 1.54) is 0 Å².